The third-order valence-electron chi connectivity index (χ3n) is 12.6. The van der Waals surface area contributed by atoms with E-state index >= 15 is 0 Å². The molecule has 0 radical (unpaired) electrons. The van der Waals surface area contributed by atoms with E-state index < -0.39 is 12.7 Å². The van der Waals surface area contributed by atoms with Crippen LogP contribution in [0, 0.1) is 33.9 Å². The third-order valence-corrected chi connectivity index (χ3v) is 12.6. The summed E-state index contributed by atoms with van der Waals surface area (Å²) < 4.78 is 43.7. The summed E-state index contributed by atoms with van der Waals surface area (Å²) in [5, 5.41) is 0. The molecule has 340 valence electrons. The Balaban J connectivity index is 0.00000722. The summed E-state index contributed by atoms with van der Waals surface area (Å²) in [6.07, 6.45) is 1.84. The van der Waals surface area contributed by atoms with Gasteiger partial charge >= 0.3 is 21.1 Å². The van der Waals surface area contributed by atoms with Crippen molar-refractivity contribution in [3.8, 4) is 67.5 Å². The molecule has 0 bridgehead atoms. The van der Waals surface area contributed by atoms with E-state index in [0.29, 0.717) is 28.3 Å². The van der Waals surface area contributed by atoms with Crippen LogP contribution in [-0.4, -0.2) is 14.5 Å². The minimum atomic E-state index is -2.50. The van der Waals surface area contributed by atoms with E-state index in [0.717, 1.165) is 72.4 Å². The molecule has 8 rings (SSSR count). The Morgan fingerprint density at radius 3 is 1.89 bits per heavy atom. The zero-order chi connectivity index (χ0) is 50.2. The van der Waals surface area contributed by atoms with E-state index in [1.165, 1.54) is 11.1 Å². The van der Waals surface area contributed by atoms with Crippen LogP contribution in [0.2, 0.25) is 0 Å². The zero-order valence-corrected chi connectivity index (χ0v) is 43.1. The largest absolute Gasteiger partial charge is 2.00 e. The average molecular weight is 1060 g/mol. The van der Waals surface area contributed by atoms with Crippen molar-refractivity contribution in [2.24, 2.45) is 0 Å². The quantitative estimate of drug-likeness (QED) is 0.142. The van der Waals surface area contributed by atoms with Crippen LogP contribution in [0.5, 0.6) is 5.75 Å². The molecule has 5 heteroatoms. The molecule has 66 heavy (non-hydrogen) atoms. The number of aryl methyl sites for hydroxylation is 3. The van der Waals surface area contributed by atoms with Crippen molar-refractivity contribution in [3.05, 3.63) is 174 Å². The van der Waals surface area contributed by atoms with Crippen LogP contribution >= 0.6 is 0 Å². The minimum absolute atomic E-state index is 0. The summed E-state index contributed by atoms with van der Waals surface area (Å²) in [6.45, 7) is 25.2. The Kier molecular flexibility index (Phi) is 11.9. The minimum Gasteiger partial charge on any atom is -0.665 e. The second-order valence-corrected chi connectivity index (χ2v) is 21.0. The summed E-state index contributed by atoms with van der Waals surface area (Å²) in [5.41, 5.74) is 15.8. The van der Waals surface area contributed by atoms with Gasteiger partial charge in [-0.25, -0.2) is 4.98 Å². The molecule has 0 saturated heterocycles. The number of rotatable bonds is 8. The number of hydrogen-bond acceptors (Lipinski definition) is 3. The van der Waals surface area contributed by atoms with Crippen LogP contribution < -0.4 is 4.74 Å². The van der Waals surface area contributed by atoms with E-state index in [2.05, 4.69) is 130 Å². The molecule has 0 amide bonds. The molecule has 0 atom stereocenters. The van der Waals surface area contributed by atoms with Crippen LogP contribution in [0.25, 0.3) is 72.7 Å². The van der Waals surface area contributed by atoms with Crippen molar-refractivity contribution in [1.29, 1.82) is 0 Å². The number of pyridine rings is 1. The molecular weight excluding hydrogens is 986 g/mol. The standard InChI is InChI=1S/C61H65N3O.Pt/c1-37(2)41-19-21-42(22-20-41)44-25-26-62-53(35-44)47-30-46(33-48(34-47)59(6,7)8)51-17-16-18-55-56(51)63-58(52-28-38(3)27-40(5)57(52)65-15)64(55)54-24-23-43(29-39(54)4)45-31-49(60(9,10)11)36-50(32-45)61(12,13)14;/h16-29,31-37H,15H2,1-14H3;/q-2;+2/i4D3,37D;. The van der Waals surface area contributed by atoms with Gasteiger partial charge in [0.15, 0.2) is 0 Å². The van der Waals surface area contributed by atoms with Crippen LogP contribution in [0.4, 0.5) is 0 Å². The number of benzene rings is 6. The summed E-state index contributed by atoms with van der Waals surface area (Å²) in [6, 6.07) is 43.1. The van der Waals surface area contributed by atoms with Gasteiger partial charge in [0.2, 0.25) is 0 Å². The first kappa shape index (κ1) is 43.0. The molecule has 0 unspecified atom stereocenters. The van der Waals surface area contributed by atoms with Gasteiger partial charge in [0, 0.05) is 17.4 Å². The first-order valence-corrected chi connectivity index (χ1v) is 22.6. The van der Waals surface area contributed by atoms with Crippen LogP contribution in [-0.2, 0) is 37.3 Å². The summed E-state index contributed by atoms with van der Waals surface area (Å²) in [4.78, 5) is 10.4. The Labute approximate surface area is 414 Å². The van der Waals surface area contributed by atoms with Crippen molar-refractivity contribution in [3.63, 3.8) is 0 Å². The van der Waals surface area contributed by atoms with Crippen molar-refractivity contribution >= 4 is 11.0 Å². The van der Waals surface area contributed by atoms with Crippen LogP contribution in [0.1, 0.15) is 126 Å². The molecule has 0 saturated carbocycles. The SMILES string of the molecule is [2H]C([2H])([2H])c1cc(-c2cc(C(C)(C)C)cc(C(C)(C)C)c2)ccc1-n1c(-c2cc(C)cc(C)c2O[CH2-])nc2c(-c3[c-]c(-c4cc(-c5ccc(C([2H])(C)C)cc5)ccn4)cc(C(C)(C)C)c3)cccc21.[Pt+2]. The van der Waals surface area contributed by atoms with E-state index in [9.17, 15) is 0 Å². The molecule has 0 N–H and O–H groups in total. The second-order valence-electron chi connectivity index (χ2n) is 21.0. The van der Waals surface area contributed by atoms with Gasteiger partial charge in [-0.15, -0.1) is 29.3 Å². The number of aromatic nitrogens is 3. The third kappa shape index (κ3) is 9.63. The molecule has 6 aromatic carbocycles. The van der Waals surface area contributed by atoms with Gasteiger partial charge in [-0.05, 0) is 129 Å². The molecule has 0 fully saturated rings. The molecule has 0 aliphatic heterocycles. The number of fused-ring (bicyclic) bond motifs is 1. The maximum atomic E-state index is 9.10. The molecule has 0 aliphatic rings. The van der Waals surface area contributed by atoms with Crippen LogP contribution in [0.15, 0.2) is 121 Å². The van der Waals surface area contributed by atoms with Gasteiger partial charge < -0.3 is 4.74 Å². The van der Waals surface area contributed by atoms with E-state index in [1.807, 2.05) is 99.1 Å². The molecule has 2 heterocycles. The molecular formula is C61H65N3OPt. The number of ether oxygens (including phenoxy) is 1. The fourth-order valence-corrected chi connectivity index (χ4v) is 8.66. The first-order chi connectivity index (χ1) is 32.1. The molecule has 0 spiro atoms. The summed E-state index contributed by atoms with van der Waals surface area (Å²) in [7, 11) is 3.87. The van der Waals surface area contributed by atoms with Gasteiger partial charge in [-0.3, -0.25) is 9.55 Å². The van der Waals surface area contributed by atoms with Crippen LogP contribution in [0.3, 0.4) is 0 Å². The predicted octanol–water partition coefficient (Wildman–Crippen LogP) is 16.7. The first-order valence-electron chi connectivity index (χ1n) is 24.6. The van der Waals surface area contributed by atoms with Gasteiger partial charge in [0.25, 0.3) is 0 Å². The average Bonchev–Trinajstić information content (AvgIpc) is 3.66. The fraction of sp³-hybridized carbons (Fsp3) is 0.295. The smallest absolute Gasteiger partial charge is 0.665 e. The number of hydrogen-bond donors (Lipinski definition) is 0. The van der Waals surface area contributed by atoms with Gasteiger partial charge in [-0.2, -0.15) is 7.11 Å². The molecule has 8 aromatic rings. The van der Waals surface area contributed by atoms with Crippen molar-refractivity contribution in [2.75, 3.05) is 0 Å². The Bertz CT molecular complexity index is 3210. The van der Waals surface area contributed by atoms with Gasteiger partial charge in [0.05, 0.1) is 28.0 Å². The second kappa shape index (κ2) is 18.3. The molecule has 4 nitrogen and oxygen atoms in total. The van der Waals surface area contributed by atoms with Gasteiger partial charge in [-0.1, -0.05) is 160 Å². The molecule has 2 aromatic heterocycles. The number of nitrogens with zero attached hydrogens (tertiary/aromatic N) is 3. The Morgan fingerprint density at radius 2 is 1.27 bits per heavy atom. The van der Waals surface area contributed by atoms with Crippen molar-refractivity contribution in [1.82, 2.24) is 14.5 Å². The number of para-hydroxylation sites is 1. The van der Waals surface area contributed by atoms with E-state index in [4.69, 9.17) is 20.2 Å². The normalized spacial score (nSPS) is 13.4. The molecule has 0 aliphatic carbocycles. The van der Waals surface area contributed by atoms with E-state index in [1.54, 1.807) is 0 Å². The Hall–Kier alpha value is -5.57. The van der Waals surface area contributed by atoms with Crippen molar-refractivity contribution in [2.45, 2.75) is 119 Å². The maximum Gasteiger partial charge on any atom is 2.00 e. The monoisotopic (exact) mass is 1050 g/mol. The summed E-state index contributed by atoms with van der Waals surface area (Å²) in [5.74, 6) is 0.403. The zero-order valence-electron chi connectivity index (χ0n) is 44.8. The fourth-order valence-electron chi connectivity index (χ4n) is 8.66. The summed E-state index contributed by atoms with van der Waals surface area (Å²) >= 11 is 0. The maximum absolute atomic E-state index is 9.10. The topological polar surface area (TPSA) is 39.9 Å². The predicted molar refractivity (Wildman–Crippen MR) is 275 cm³/mol. The Morgan fingerprint density at radius 1 is 0.652 bits per heavy atom. The van der Waals surface area contributed by atoms with Crippen molar-refractivity contribution < 1.29 is 31.3 Å². The van der Waals surface area contributed by atoms with E-state index in [-0.39, 0.29) is 42.9 Å². The number of imidazole rings is 1. The van der Waals surface area contributed by atoms with Gasteiger partial charge in [0.1, 0.15) is 5.82 Å².